The molecule has 3 aromatic rings. The van der Waals surface area contributed by atoms with Gasteiger partial charge in [-0.2, -0.15) is 9.40 Å². The van der Waals surface area contributed by atoms with Crippen molar-refractivity contribution in [1.29, 1.82) is 0 Å². The van der Waals surface area contributed by atoms with Gasteiger partial charge in [0.15, 0.2) is 0 Å². The minimum absolute atomic E-state index is 0.0352. The molecule has 0 aliphatic carbocycles. The average Bonchev–Trinajstić information content (AvgIpc) is 2.87. The molecule has 0 unspecified atom stereocenters. The van der Waals surface area contributed by atoms with Crippen molar-refractivity contribution in [2.45, 2.75) is 37.6 Å². The number of hydrogen-bond donors (Lipinski definition) is 1. The summed E-state index contributed by atoms with van der Waals surface area (Å²) in [5.74, 6) is 0.127. The monoisotopic (exact) mass is 496 g/mol. The molecule has 1 aliphatic rings. The van der Waals surface area contributed by atoms with Crippen molar-refractivity contribution in [3.63, 3.8) is 0 Å². The van der Waals surface area contributed by atoms with Crippen LogP contribution in [0.25, 0.3) is 0 Å². The van der Waals surface area contributed by atoms with Crippen LogP contribution >= 0.6 is 0 Å². The predicted molar refractivity (Wildman–Crippen MR) is 132 cm³/mol. The lowest BCUT2D eigenvalue weighted by atomic mass is 10.2. The Bertz CT molecular complexity index is 1350. The summed E-state index contributed by atoms with van der Waals surface area (Å²) in [6.07, 6.45) is 2.70. The molecular formula is C25H28N4O5S. The van der Waals surface area contributed by atoms with Crippen LogP contribution in [0, 0.1) is 6.92 Å². The van der Waals surface area contributed by atoms with Crippen LogP contribution in [-0.4, -0.2) is 48.1 Å². The Kier molecular flexibility index (Phi) is 7.62. The third kappa shape index (κ3) is 5.95. The molecule has 1 amide bonds. The number of benzene rings is 2. The molecule has 0 saturated carbocycles. The first-order chi connectivity index (χ1) is 16.8. The van der Waals surface area contributed by atoms with Gasteiger partial charge < -0.3 is 10.1 Å². The fourth-order valence-corrected chi connectivity index (χ4v) is 5.38. The number of piperidine rings is 1. The third-order valence-corrected chi connectivity index (χ3v) is 7.72. The number of nitrogens with one attached hydrogen (secondary N) is 1. The van der Waals surface area contributed by atoms with E-state index < -0.39 is 15.9 Å². The van der Waals surface area contributed by atoms with Gasteiger partial charge in [-0.15, -0.1) is 0 Å². The van der Waals surface area contributed by atoms with E-state index in [-0.39, 0.29) is 29.3 Å². The number of rotatable bonds is 8. The average molecular weight is 497 g/mol. The first kappa shape index (κ1) is 24.6. The molecular weight excluding hydrogens is 468 g/mol. The fourth-order valence-electron chi connectivity index (χ4n) is 3.83. The summed E-state index contributed by atoms with van der Waals surface area (Å²) in [7, 11) is -3.64. The van der Waals surface area contributed by atoms with Gasteiger partial charge in [0.05, 0.1) is 11.4 Å². The second kappa shape index (κ2) is 10.8. The molecule has 1 N–H and O–H groups in total. The molecule has 0 bridgehead atoms. The molecule has 2 aromatic carbocycles. The number of aromatic nitrogens is 2. The number of anilines is 1. The zero-order valence-electron chi connectivity index (χ0n) is 19.5. The number of amides is 1. The quantitative estimate of drug-likeness (QED) is 0.513. The van der Waals surface area contributed by atoms with Crippen LogP contribution in [0.1, 0.15) is 35.3 Å². The smallest absolute Gasteiger partial charge is 0.276 e. The highest BCUT2D eigenvalue weighted by atomic mass is 32.2. The second-order valence-corrected chi connectivity index (χ2v) is 10.3. The molecule has 1 aliphatic heterocycles. The molecule has 2 heterocycles. The van der Waals surface area contributed by atoms with Crippen molar-refractivity contribution in [1.82, 2.24) is 14.1 Å². The van der Waals surface area contributed by atoms with Gasteiger partial charge in [-0.1, -0.05) is 30.7 Å². The van der Waals surface area contributed by atoms with Crippen molar-refractivity contribution in [3.8, 4) is 5.75 Å². The van der Waals surface area contributed by atoms with E-state index >= 15 is 0 Å². The first-order valence-electron chi connectivity index (χ1n) is 11.5. The standard InChI is InChI=1S/C25H28N4O5S/c1-19-10-11-21(35(32,33)28-14-6-3-7-15-28)18-23(19)26-25(31)22-12-13-24(30)29(27-22)16-17-34-20-8-4-2-5-9-20/h2,4-5,8-13,18H,3,6-7,14-17H2,1H3,(H,26,31). The maximum Gasteiger partial charge on any atom is 0.276 e. The molecule has 1 saturated heterocycles. The van der Waals surface area contributed by atoms with Gasteiger partial charge in [0.1, 0.15) is 18.1 Å². The Balaban J connectivity index is 1.48. The molecule has 184 valence electrons. The van der Waals surface area contributed by atoms with E-state index in [0.717, 1.165) is 19.3 Å². The van der Waals surface area contributed by atoms with Crippen molar-refractivity contribution >= 4 is 21.6 Å². The Morgan fingerprint density at radius 3 is 2.51 bits per heavy atom. The molecule has 10 heteroatoms. The van der Waals surface area contributed by atoms with Gasteiger partial charge in [0, 0.05) is 24.8 Å². The van der Waals surface area contributed by atoms with Gasteiger partial charge >= 0.3 is 0 Å². The van der Waals surface area contributed by atoms with Crippen molar-refractivity contribution in [3.05, 3.63) is 82.3 Å². The molecule has 0 spiro atoms. The second-order valence-electron chi connectivity index (χ2n) is 8.34. The van der Waals surface area contributed by atoms with Crippen LogP contribution in [0.4, 0.5) is 5.69 Å². The number of aryl methyl sites for hydroxylation is 1. The number of sulfonamides is 1. The summed E-state index contributed by atoms with van der Waals surface area (Å²) in [5, 5.41) is 6.90. The van der Waals surface area contributed by atoms with Gasteiger partial charge in [-0.25, -0.2) is 13.1 Å². The van der Waals surface area contributed by atoms with Gasteiger partial charge in [0.25, 0.3) is 11.5 Å². The number of ether oxygens (including phenoxy) is 1. The highest BCUT2D eigenvalue weighted by molar-refractivity contribution is 7.89. The maximum atomic E-state index is 13.0. The molecule has 1 aromatic heterocycles. The van der Waals surface area contributed by atoms with E-state index in [1.165, 1.54) is 27.2 Å². The largest absolute Gasteiger partial charge is 0.492 e. The molecule has 4 rings (SSSR count). The minimum Gasteiger partial charge on any atom is -0.492 e. The first-order valence-corrected chi connectivity index (χ1v) is 13.0. The van der Waals surface area contributed by atoms with E-state index in [0.29, 0.717) is 30.1 Å². The Labute approximate surface area is 204 Å². The number of para-hydroxylation sites is 1. The lowest BCUT2D eigenvalue weighted by molar-refractivity contribution is 0.101. The number of carbonyl (C=O) groups excluding carboxylic acids is 1. The third-order valence-electron chi connectivity index (χ3n) is 5.82. The van der Waals surface area contributed by atoms with Crippen molar-refractivity contribution in [2.75, 3.05) is 25.0 Å². The van der Waals surface area contributed by atoms with Crippen LogP contribution in [0.15, 0.2) is 70.4 Å². The topological polar surface area (TPSA) is 111 Å². The highest BCUT2D eigenvalue weighted by Gasteiger charge is 2.26. The number of nitrogens with zero attached hydrogens (tertiary/aromatic N) is 3. The van der Waals surface area contributed by atoms with Crippen molar-refractivity contribution < 1.29 is 17.9 Å². The predicted octanol–water partition coefficient (Wildman–Crippen LogP) is 3.06. The highest BCUT2D eigenvalue weighted by Crippen LogP contribution is 2.25. The summed E-state index contributed by atoms with van der Waals surface area (Å²) in [5.41, 5.74) is 0.762. The molecule has 0 atom stereocenters. The fraction of sp³-hybridized carbons (Fsp3) is 0.320. The summed E-state index contributed by atoms with van der Waals surface area (Å²) in [4.78, 5) is 25.2. The van der Waals surface area contributed by atoms with Crippen LogP contribution < -0.4 is 15.6 Å². The van der Waals surface area contributed by atoms with E-state index in [9.17, 15) is 18.0 Å². The van der Waals surface area contributed by atoms with E-state index in [1.807, 2.05) is 30.3 Å². The molecule has 35 heavy (non-hydrogen) atoms. The summed E-state index contributed by atoms with van der Waals surface area (Å²) >= 11 is 0. The summed E-state index contributed by atoms with van der Waals surface area (Å²) < 4.78 is 34.4. The van der Waals surface area contributed by atoms with Crippen molar-refractivity contribution in [2.24, 2.45) is 0 Å². The lowest BCUT2D eigenvalue weighted by Gasteiger charge is -2.26. The van der Waals surface area contributed by atoms with Gasteiger partial charge in [-0.3, -0.25) is 9.59 Å². The van der Waals surface area contributed by atoms with Crippen LogP contribution in [0.2, 0.25) is 0 Å². The molecule has 0 radical (unpaired) electrons. The summed E-state index contributed by atoms with van der Waals surface area (Å²) in [6, 6.07) is 16.5. The minimum atomic E-state index is -3.64. The van der Waals surface area contributed by atoms with Gasteiger partial charge in [-0.05, 0) is 55.7 Å². The maximum absolute atomic E-state index is 13.0. The summed E-state index contributed by atoms with van der Waals surface area (Å²) in [6.45, 7) is 3.14. The van der Waals surface area contributed by atoms with Crippen LogP contribution in [0.5, 0.6) is 5.75 Å². The van der Waals surface area contributed by atoms with Gasteiger partial charge in [0.2, 0.25) is 10.0 Å². The van der Waals surface area contributed by atoms with Crippen LogP contribution in [-0.2, 0) is 16.6 Å². The molecule has 9 nitrogen and oxygen atoms in total. The lowest BCUT2D eigenvalue weighted by Crippen LogP contribution is -2.35. The zero-order chi connectivity index (χ0) is 24.8. The normalized spacial score (nSPS) is 14.4. The Morgan fingerprint density at radius 1 is 1.03 bits per heavy atom. The Hall–Kier alpha value is -3.50. The zero-order valence-corrected chi connectivity index (χ0v) is 20.3. The van der Waals surface area contributed by atoms with Crippen LogP contribution in [0.3, 0.4) is 0 Å². The van der Waals surface area contributed by atoms with E-state index in [1.54, 1.807) is 19.1 Å². The Morgan fingerprint density at radius 2 is 1.77 bits per heavy atom. The van der Waals surface area contributed by atoms with E-state index in [2.05, 4.69) is 10.4 Å². The molecule has 1 fully saturated rings. The van der Waals surface area contributed by atoms with E-state index in [4.69, 9.17) is 4.74 Å². The number of hydrogen-bond acceptors (Lipinski definition) is 6. The SMILES string of the molecule is Cc1ccc(S(=O)(=O)N2CCCCC2)cc1NC(=O)c1ccc(=O)n(CCOc2ccccc2)n1. The number of carbonyl (C=O) groups is 1.